The summed E-state index contributed by atoms with van der Waals surface area (Å²) in [5.41, 5.74) is 0.623. The zero-order valence-electron chi connectivity index (χ0n) is 9.96. The van der Waals surface area contributed by atoms with Crippen LogP contribution in [0.4, 0.5) is 0 Å². The van der Waals surface area contributed by atoms with Crippen molar-refractivity contribution in [3.05, 3.63) is 32.7 Å². The molecule has 1 aromatic rings. The van der Waals surface area contributed by atoms with Crippen LogP contribution in [0.25, 0.3) is 0 Å². The van der Waals surface area contributed by atoms with Crippen LogP contribution >= 0.6 is 43.5 Å². The molecule has 0 aliphatic heterocycles. The Morgan fingerprint density at radius 1 is 1.28 bits per heavy atom. The molecule has 3 nitrogen and oxygen atoms in total. The Kier molecular flexibility index (Phi) is 7.22. The molecule has 0 bridgehead atoms. The molecule has 18 heavy (non-hydrogen) atoms. The predicted molar refractivity (Wildman–Crippen MR) is 80.3 cm³/mol. The minimum Gasteiger partial charge on any atom is -0.383 e. The first-order chi connectivity index (χ1) is 8.58. The molecule has 1 rings (SSSR count). The number of hydrogen-bond donors (Lipinski definition) is 0. The predicted octanol–water partition coefficient (Wildman–Crippen LogP) is 3.54. The fourth-order valence-electron chi connectivity index (χ4n) is 1.48. The SMILES string of the molecule is COCCN(CCCl)C(=O)c1cc(Br)cc(Br)c1. The van der Waals surface area contributed by atoms with Crippen molar-refractivity contribution in [2.75, 3.05) is 32.7 Å². The van der Waals surface area contributed by atoms with Gasteiger partial charge in [0.25, 0.3) is 5.91 Å². The van der Waals surface area contributed by atoms with Gasteiger partial charge in [-0.3, -0.25) is 4.79 Å². The highest BCUT2D eigenvalue weighted by molar-refractivity contribution is 9.11. The Hall–Kier alpha value is -0.100. The Morgan fingerprint density at radius 3 is 2.39 bits per heavy atom. The van der Waals surface area contributed by atoms with Gasteiger partial charge in [0, 0.05) is 40.6 Å². The molecule has 0 N–H and O–H groups in total. The fourth-order valence-corrected chi connectivity index (χ4v) is 2.98. The van der Waals surface area contributed by atoms with Crippen molar-refractivity contribution in [3.8, 4) is 0 Å². The van der Waals surface area contributed by atoms with Crippen molar-refractivity contribution in [1.29, 1.82) is 0 Å². The Morgan fingerprint density at radius 2 is 1.89 bits per heavy atom. The number of amides is 1. The maximum absolute atomic E-state index is 12.3. The van der Waals surface area contributed by atoms with Crippen molar-refractivity contribution in [2.24, 2.45) is 0 Å². The number of alkyl halides is 1. The third-order valence-electron chi connectivity index (χ3n) is 2.32. The van der Waals surface area contributed by atoms with Gasteiger partial charge in [-0.25, -0.2) is 0 Å². The summed E-state index contributed by atoms with van der Waals surface area (Å²) in [6.07, 6.45) is 0. The molecular formula is C12H14Br2ClNO2. The summed E-state index contributed by atoms with van der Waals surface area (Å²) in [5.74, 6) is 0.361. The van der Waals surface area contributed by atoms with E-state index in [4.69, 9.17) is 16.3 Å². The molecule has 0 aliphatic rings. The summed E-state index contributed by atoms with van der Waals surface area (Å²) in [4.78, 5) is 14.0. The summed E-state index contributed by atoms with van der Waals surface area (Å²) in [7, 11) is 1.61. The minimum atomic E-state index is -0.0466. The molecular weight excluding hydrogens is 385 g/mol. The number of halogens is 3. The minimum absolute atomic E-state index is 0.0466. The summed E-state index contributed by atoms with van der Waals surface area (Å²) in [6.45, 7) is 1.54. The second-order valence-corrected chi connectivity index (χ2v) is 5.84. The average molecular weight is 400 g/mol. The highest BCUT2D eigenvalue weighted by Crippen LogP contribution is 2.21. The van der Waals surface area contributed by atoms with Crippen molar-refractivity contribution in [2.45, 2.75) is 0 Å². The third kappa shape index (κ3) is 4.88. The van der Waals surface area contributed by atoms with Crippen LogP contribution in [0.5, 0.6) is 0 Å². The van der Waals surface area contributed by atoms with E-state index in [1.165, 1.54) is 0 Å². The van der Waals surface area contributed by atoms with Crippen LogP contribution in [-0.2, 0) is 4.74 Å². The normalized spacial score (nSPS) is 10.4. The van der Waals surface area contributed by atoms with E-state index in [-0.39, 0.29) is 5.91 Å². The summed E-state index contributed by atoms with van der Waals surface area (Å²) >= 11 is 12.5. The highest BCUT2D eigenvalue weighted by Gasteiger charge is 2.15. The van der Waals surface area contributed by atoms with Gasteiger partial charge in [0.05, 0.1) is 6.61 Å². The van der Waals surface area contributed by atoms with Crippen LogP contribution in [0.15, 0.2) is 27.1 Å². The Labute approximate surface area is 129 Å². The second kappa shape index (κ2) is 8.15. The first kappa shape index (κ1) is 16.0. The lowest BCUT2D eigenvalue weighted by Crippen LogP contribution is -2.35. The number of benzene rings is 1. The van der Waals surface area contributed by atoms with Crippen molar-refractivity contribution < 1.29 is 9.53 Å². The molecule has 0 spiro atoms. The standard InChI is InChI=1S/C12H14Br2ClNO2/c1-18-5-4-16(3-2-15)12(17)9-6-10(13)8-11(14)7-9/h6-8H,2-5H2,1H3. The molecule has 6 heteroatoms. The molecule has 0 heterocycles. The molecule has 1 aromatic carbocycles. The van der Waals surface area contributed by atoms with E-state index >= 15 is 0 Å². The van der Waals surface area contributed by atoms with E-state index in [0.29, 0.717) is 31.1 Å². The molecule has 0 unspecified atom stereocenters. The van der Waals surface area contributed by atoms with E-state index in [2.05, 4.69) is 31.9 Å². The van der Waals surface area contributed by atoms with Crippen molar-refractivity contribution in [1.82, 2.24) is 4.90 Å². The van der Waals surface area contributed by atoms with E-state index in [1.54, 1.807) is 24.1 Å². The monoisotopic (exact) mass is 397 g/mol. The van der Waals surface area contributed by atoms with E-state index in [1.807, 2.05) is 6.07 Å². The lowest BCUT2D eigenvalue weighted by atomic mass is 10.2. The maximum atomic E-state index is 12.3. The number of ether oxygens (including phenoxy) is 1. The summed E-state index contributed by atoms with van der Waals surface area (Å²) in [6, 6.07) is 5.47. The van der Waals surface area contributed by atoms with E-state index in [0.717, 1.165) is 8.95 Å². The lowest BCUT2D eigenvalue weighted by molar-refractivity contribution is 0.0707. The number of carbonyl (C=O) groups is 1. The van der Waals surface area contributed by atoms with Gasteiger partial charge >= 0.3 is 0 Å². The van der Waals surface area contributed by atoms with Crippen molar-refractivity contribution >= 4 is 49.4 Å². The van der Waals surface area contributed by atoms with Gasteiger partial charge in [0.2, 0.25) is 0 Å². The van der Waals surface area contributed by atoms with Gasteiger partial charge in [-0.1, -0.05) is 31.9 Å². The Bertz CT molecular complexity index is 395. The van der Waals surface area contributed by atoms with E-state index < -0.39 is 0 Å². The van der Waals surface area contributed by atoms with Gasteiger partial charge in [0.15, 0.2) is 0 Å². The number of methoxy groups -OCH3 is 1. The number of rotatable bonds is 6. The van der Waals surface area contributed by atoms with Crippen LogP contribution in [0.2, 0.25) is 0 Å². The van der Waals surface area contributed by atoms with Crippen LogP contribution < -0.4 is 0 Å². The third-order valence-corrected chi connectivity index (χ3v) is 3.40. The molecule has 0 atom stereocenters. The van der Waals surface area contributed by atoms with Crippen LogP contribution in [0.1, 0.15) is 10.4 Å². The van der Waals surface area contributed by atoms with Crippen LogP contribution in [0.3, 0.4) is 0 Å². The van der Waals surface area contributed by atoms with Gasteiger partial charge < -0.3 is 9.64 Å². The zero-order valence-corrected chi connectivity index (χ0v) is 13.9. The maximum Gasteiger partial charge on any atom is 0.254 e. The van der Waals surface area contributed by atoms with Gasteiger partial charge in [-0.15, -0.1) is 11.6 Å². The number of carbonyl (C=O) groups excluding carboxylic acids is 1. The number of hydrogen-bond acceptors (Lipinski definition) is 2. The molecule has 0 saturated heterocycles. The van der Waals surface area contributed by atoms with Crippen LogP contribution in [0, 0.1) is 0 Å². The first-order valence-corrected chi connectivity index (χ1v) is 7.50. The highest BCUT2D eigenvalue weighted by atomic mass is 79.9. The summed E-state index contributed by atoms with van der Waals surface area (Å²) in [5, 5.41) is 0. The second-order valence-electron chi connectivity index (χ2n) is 3.63. The molecule has 0 radical (unpaired) electrons. The first-order valence-electron chi connectivity index (χ1n) is 5.38. The Balaban J connectivity index is 2.86. The van der Waals surface area contributed by atoms with Crippen LogP contribution in [-0.4, -0.2) is 43.5 Å². The summed E-state index contributed by atoms with van der Waals surface area (Å²) < 4.78 is 6.71. The van der Waals surface area contributed by atoms with Gasteiger partial charge in [0.1, 0.15) is 0 Å². The molecule has 0 aromatic heterocycles. The fraction of sp³-hybridized carbons (Fsp3) is 0.417. The topological polar surface area (TPSA) is 29.5 Å². The average Bonchev–Trinajstić information content (AvgIpc) is 2.32. The molecule has 0 fully saturated rings. The molecule has 0 aliphatic carbocycles. The number of nitrogens with zero attached hydrogens (tertiary/aromatic N) is 1. The van der Waals surface area contributed by atoms with Crippen molar-refractivity contribution in [3.63, 3.8) is 0 Å². The molecule has 100 valence electrons. The van der Waals surface area contributed by atoms with Gasteiger partial charge in [-0.05, 0) is 18.2 Å². The quantitative estimate of drug-likeness (QED) is 0.685. The smallest absolute Gasteiger partial charge is 0.254 e. The zero-order chi connectivity index (χ0) is 13.5. The van der Waals surface area contributed by atoms with E-state index in [9.17, 15) is 4.79 Å². The molecule has 1 amide bonds. The largest absolute Gasteiger partial charge is 0.383 e. The molecule has 0 saturated carbocycles. The van der Waals surface area contributed by atoms with Gasteiger partial charge in [-0.2, -0.15) is 0 Å². The lowest BCUT2D eigenvalue weighted by Gasteiger charge is -2.21.